The van der Waals surface area contributed by atoms with Gasteiger partial charge in [0.2, 0.25) is 0 Å². The van der Waals surface area contributed by atoms with Gasteiger partial charge in [-0.1, -0.05) is 0 Å². The Balaban J connectivity index is 1.94. The minimum Gasteiger partial charge on any atom is -0.449 e. The monoisotopic (exact) mass is 170 g/mol. The predicted molar refractivity (Wildman–Crippen MR) is 43.6 cm³/mol. The number of ether oxygens (including phenoxy) is 1. The van der Waals surface area contributed by atoms with Gasteiger partial charge in [0, 0.05) is 25.0 Å². The number of hydrogen-bond donors (Lipinski definition) is 1. The molecule has 1 aliphatic heterocycles. The van der Waals surface area contributed by atoms with Crippen molar-refractivity contribution in [1.82, 2.24) is 4.90 Å². The van der Waals surface area contributed by atoms with Gasteiger partial charge in [0.1, 0.15) is 0 Å². The van der Waals surface area contributed by atoms with Crippen molar-refractivity contribution in [2.75, 3.05) is 19.7 Å². The van der Waals surface area contributed by atoms with Gasteiger partial charge in [-0.25, -0.2) is 4.79 Å². The molecular weight excluding hydrogens is 156 g/mol. The molecule has 1 aliphatic carbocycles. The standard InChI is InChI=1S/C8H14N2O2/c9-3-6-4-10(7-1-2-7)8(11)12-5-6/h6-7H,1-5,9H2. The fourth-order valence-electron chi connectivity index (χ4n) is 1.50. The first kappa shape index (κ1) is 7.86. The molecule has 2 fully saturated rings. The van der Waals surface area contributed by atoms with Crippen LogP contribution in [-0.2, 0) is 4.74 Å². The lowest BCUT2D eigenvalue weighted by Crippen LogP contribution is -2.46. The average Bonchev–Trinajstić information content (AvgIpc) is 2.88. The number of nitrogens with two attached hydrogens (primary N) is 1. The van der Waals surface area contributed by atoms with Crippen molar-refractivity contribution in [3.8, 4) is 0 Å². The van der Waals surface area contributed by atoms with E-state index in [9.17, 15) is 4.79 Å². The largest absolute Gasteiger partial charge is 0.449 e. The van der Waals surface area contributed by atoms with Crippen molar-refractivity contribution in [3.63, 3.8) is 0 Å². The van der Waals surface area contributed by atoms with Crippen LogP contribution in [0.2, 0.25) is 0 Å². The number of rotatable bonds is 2. The van der Waals surface area contributed by atoms with E-state index in [4.69, 9.17) is 10.5 Å². The zero-order valence-electron chi connectivity index (χ0n) is 7.03. The van der Waals surface area contributed by atoms with E-state index in [-0.39, 0.29) is 6.09 Å². The Bertz CT molecular complexity index is 191. The van der Waals surface area contributed by atoms with E-state index in [1.54, 1.807) is 0 Å². The topological polar surface area (TPSA) is 55.6 Å². The Morgan fingerprint density at radius 1 is 1.58 bits per heavy atom. The van der Waals surface area contributed by atoms with Gasteiger partial charge in [-0.2, -0.15) is 0 Å². The van der Waals surface area contributed by atoms with E-state index < -0.39 is 0 Å². The summed E-state index contributed by atoms with van der Waals surface area (Å²) >= 11 is 0. The van der Waals surface area contributed by atoms with Gasteiger partial charge < -0.3 is 15.4 Å². The highest BCUT2D eigenvalue weighted by Gasteiger charge is 2.37. The van der Waals surface area contributed by atoms with Gasteiger partial charge in [0.25, 0.3) is 0 Å². The molecule has 0 radical (unpaired) electrons. The van der Waals surface area contributed by atoms with Crippen molar-refractivity contribution in [1.29, 1.82) is 0 Å². The van der Waals surface area contributed by atoms with Gasteiger partial charge in [-0.05, 0) is 12.8 Å². The molecule has 4 heteroatoms. The van der Waals surface area contributed by atoms with E-state index in [1.807, 2.05) is 4.90 Å². The fourth-order valence-corrected chi connectivity index (χ4v) is 1.50. The lowest BCUT2D eigenvalue weighted by Gasteiger charge is -2.31. The van der Waals surface area contributed by atoms with Gasteiger partial charge >= 0.3 is 6.09 Å². The van der Waals surface area contributed by atoms with Crippen LogP contribution < -0.4 is 5.73 Å². The second kappa shape index (κ2) is 2.94. The summed E-state index contributed by atoms with van der Waals surface area (Å²) in [6, 6.07) is 0.451. The average molecular weight is 170 g/mol. The van der Waals surface area contributed by atoms with Gasteiger partial charge in [0.05, 0.1) is 6.61 Å². The Hall–Kier alpha value is -0.770. The Kier molecular flexibility index (Phi) is 1.92. The molecule has 4 nitrogen and oxygen atoms in total. The molecule has 0 bridgehead atoms. The third-order valence-corrected chi connectivity index (χ3v) is 2.45. The number of cyclic esters (lactones) is 1. The summed E-state index contributed by atoms with van der Waals surface area (Å²) in [5.41, 5.74) is 5.51. The quantitative estimate of drug-likeness (QED) is 0.643. The van der Waals surface area contributed by atoms with E-state index in [1.165, 1.54) is 0 Å². The van der Waals surface area contributed by atoms with E-state index in [0.717, 1.165) is 19.4 Å². The lowest BCUT2D eigenvalue weighted by atomic mass is 10.1. The summed E-state index contributed by atoms with van der Waals surface area (Å²) in [5.74, 6) is 0.336. The fraction of sp³-hybridized carbons (Fsp3) is 0.875. The third kappa shape index (κ3) is 1.39. The molecular formula is C8H14N2O2. The molecule has 1 amide bonds. The summed E-state index contributed by atoms with van der Waals surface area (Å²) in [6.45, 7) is 1.90. The maximum absolute atomic E-state index is 11.2. The van der Waals surface area contributed by atoms with Crippen molar-refractivity contribution in [2.45, 2.75) is 18.9 Å². The zero-order valence-corrected chi connectivity index (χ0v) is 7.03. The summed E-state index contributed by atoms with van der Waals surface area (Å²) in [6.07, 6.45) is 2.11. The van der Waals surface area contributed by atoms with Crippen LogP contribution in [0, 0.1) is 5.92 Å². The minimum atomic E-state index is -0.151. The third-order valence-electron chi connectivity index (χ3n) is 2.45. The summed E-state index contributed by atoms with van der Waals surface area (Å²) in [5, 5.41) is 0. The maximum Gasteiger partial charge on any atom is 0.410 e. The predicted octanol–water partition coefficient (Wildman–Crippen LogP) is 0.176. The Morgan fingerprint density at radius 2 is 2.33 bits per heavy atom. The number of hydrogen-bond acceptors (Lipinski definition) is 3. The summed E-state index contributed by atoms with van der Waals surface area (Å²) < 4.78 is 5.00. The molecule has 0 aromatic heterocycles. The Labute approximate surface area is 71.7 Å². The molecule has 0 spiro atoms. The highest BCUT2D eigenvalue weighted by Crippen LogP contribution is 2.29. The molecule has 1 unspecified atom stereocenters. The van der Waals surface area contributed by atoms with Crippen LogP contribution >= 0.6 is 0 Å². The first-order valence-electron chi connectivity index (χ1n) is 4.44. The molecule has 12 heavy (non-hydrogen) atoms. The van der Waals surface area contributed by atoms with E-state index in [2.05, 4.69) is 0 Å². The number of nitrogens with zero attached hydrogens (tertiary/aromatic N) is 1. The van der Waals surface area contributed by atoms with Crippen LogP contribution in [0.3, 0.4) is 0 Å². The minimum absolute atomic E-state index is 0.151. The van der Waals surface area contributed by atoms with Gasteiger partial charge in [-0.3, -0.25) is 0 Å². The molecule has 1 heterocycles. The molecule has 0 aromatic rings. The highest BCUT2D eigenvalue weighted by atomic mass is 16.6. The van der Waals surface area contributed by atoms with Crippen molar-refractivity contribution in [3.05, 3.63) is 0 Å². The van der Waals surface area contributed by atoms with Crippen molar-refractivity contribution in [2.24, 2.45) is 11.7 Å². The zero-order chi connectivity index (χ0) is 8.55. The van der Waals surface area contributed by atoms with Crippen molar-refractivity contribution < 1.29 is 9.53 Å². The first-order chi connectivity index (χ1) is 5.81. The van der Waals surface area contributed by atoms with Crippen LogP contribution in [-0.4, -0.2) is 36.7 Å². The van der Waals surface area contributed by atoms with Crippen molar-refractivity contribution >= 4 is 6.09 Å². The number of carbonyl (C=O) groups is 1. The second-order valence-electron chi connectivity index (χ2n) is 3.56. The van der Waals surface area contributed by atoms with Gasteiger partial charge in [0.15, 0.2) is 0 Å². The molecule has 1 saturated carbocycles. The molecule has 2 aliphatic rings. The smallest absolute Gasteiger partial charge is 0.410 e. The van der Waals surface area contributed by atoms with E-state index >= 15 is 0 Å². The maximum atomic E-state index is 11.2. The molecule has 0 aromatic carbocycles. The molecule has 2 N–H and O–H groups in total. The number of amides is 1. The first-order valence-corrected chi connectivity index (χ1v) is 4.44. The summed E-state index contributed by atoms with van der Waals surface area (Å²) in [4.78, 5) is 13.0. The lowest BCUT2D eigenvalue weighted by molar-refractivity contribution is 0.0424. The Morgan fingerprint density at radius 3 is 2.92 bits per heavy atom. The van der Waals surface area contributed by atoms with Crippen LogP contribution in [0.15, 0.2) is 0 Å². The van der Waals surface area contributed by atoms with Crippen LogP contribution in [0.5, 0.6) is 0 Å². The summed E-state index contributed by atoms with van der Waals surface area (Å²) in [7, 11) is 0. The normalized spacial score (nSPS) is 30.2. The van der Waals surface area contributed by atoms with E-state index in [0.29, 0.717) is 25.1 Å². The highest BCUT2D eigenvalue weighted by molar-refractivity contribution is 5.69. The second-order valence-corrected chi connectivity index (χ2v) is 3.56. The number of carbonyl (C=O) groups excluding carboxylic acids is 1. The van der Waals surface area contributed by atoms with Crippen LogP contribution in [0.4, 0.5) is 4.79 Å². The molecule has 2 rings (SSSR count). The van der Waals surface area contributed by atoms with Crippen LogP contribution in [0.1, 0.15) is 12.8 Å². The van der Waals surface area contributed by atoms with Crippen LogP contribution in [0.25, 0.3) is 0 Å². The SMILES string of the molecule is NCC1COC(=O)N(C2CC2)C1. The molecule has 1 atom stereocenters. The molecule has 1 saturated heterocycles. The molecule has 68 valence electrons. The van der Waals surface area contributed by atoms with Gasteiger partial charge in [-0.15, -0.1) is 0 Å².